The van der Waals surface area contributed by atoms with Crippen LogP contribution in [0.15, 0.2) is 60.8 Å². The molecule has 0 unspecified atom stereocenters. The third kappa shape index (κ3) is 3.28. The molecule has 0 bridgehead atoms. The molecule has 0 saturated heterocycles. The summed E-state index contributed by atoms with van der Waals surface area (Å²) in [6, 6.07) is 17.9. The van der Waals surface area contributed by atoms with Crippen molar-refractivity contribution in [1.29, 1.82) is 0 Å². The molecule has 0 amide bonds. The zero-order valence-electron chi connectivity index (χ0n) is 12.5. The fourth-order valence-corrected chi connectivity index (χ4v) is 2.16. The lowest BCUT2D eigenvalue weighted by atomic mass is 10.1. The van der Waals surface area contributed by atoms with Crippen molar-refractivity contribution in [1.82, 2.24) is 15.0 Å². The van der Waals surface area contributed by atoms with E-state index >= 15 is 0 Å². The summed E-state index contributed by atoms with van der Waals surface area (Å²) in [5.41, 5.74) is 2.75. The second-order valence-corrected chi connectivity index (χ2v) is 4.97. The molecule has 4 heteroatoms. The maximum absolute atomic E-state index is 4.67. The second kappa shape index (κ2) is 6.80. The van der Waals surface area contributed by atoms with Gasteiger partial charge in [0.15, 0.2) is 5.82 Å². The van der Waals surface area contributed by atoms with Crippen molar-refractivity contribution in [3.05, 3.63) is 60.8 Å². The summed E-state index contributed by atoms with van der Waals surface area (Å²) in [5, 5.41) is 3.34. The quantitative estimate of drug-likeness (QED) is 0.771. The van der Waals surface area contributed by atoms with Gasteiger partial charge in [-0.2, -0.15) is 0 Å². The Morgan fingerprint density at radius 1 is 0.909 bits per heavy atom. The average molecular weight is 290 g/mol. The maximum atomic E-state index is 4.67. The molecule has 0 saturated carbocycles. The number of anilines is 1. The number of nitrogens with one attached hydrogen (secondary N) is 1. The van der Waals surface area contributed by atoms with Crippen LogP contribution in [0.1, 0.15) is 13.3 Å². The van der Waals surface area contributed by atoms with Gasteiger partial charge in [-0.3, -0.25) is 4.98 Å². The number of hydrogen-bond donors (Lipinski definition) is 1. The minimum atomic E-state index is 0.639. The van der Waals surface area contributed by atoms with Gasteiger partial charge in [-0.25, -0.2) is 9.97 Å². The molecular formula is C18H18N4. The zero-order valence-corrected chi connectivity index (χ0v) is 12.5. The Balaban J connectivity index is 2.06. The van der Waals surface area contributed by atoms with Gasteiger partial charge in [-0.1, -0.05) is 43.3 Å². The molecule has 2 aromatic heterocycles. The van der Waals surface area contributed by atoms with Crippen LogP contribution in [0, 0.1) is 0 Å². The largest absolute Gasteiger partial charge is 0.370 e. The lowest BCUT2D eigenvalue weighted by molar-refractivity contribution is 0.965. The standard InChI is InChI=1S/C18H18N4/c1-2-11-20-17-13-16(14-8-4-3-5-9-14)21-18(22-17)15-10-6-7-12-19-15/h3-10,12-13H,2,11H2,1H3,(H,20,21,22). The van der Waals surface area contributed by atoms with Gasteiger partial charge >= 0.3 is 0 Å². The maximum Gasteiger partial charge on any atom is 0.180 e. The Morgan fingerprint density at radius 2 is 1.73 bits per heavy atom. The topological polar surface area (TPSA) is 50.7 Å². The molecule has 1 N–H and O–H groups in total. The highest BCUT2D eigenvalue weighted by atomic mass is 15.0. The first kappa shape index (κ1) is 14.2. The van der Waals surface area contributed by atoms with Gasteiger partial charge in [0.25, 0.3) is 0 Å². The zero-order chi connectivity index (χ0) is 15.2. The smallest absolute Gasteiger partial charge is 0.180 e. The van der Waals surface area contributed by atoms with E-state index in [4.69, 9.17) is 0 Å². The molecule has 1 aromatic carbocycles. The number of pyridine rings is 1. The van der Waals surface area contributed by atoms with Crippen molar-refractivity contribution >= 4 is 5.82 Å². The van der Waals surface area contributed by atoms with E-state index in [1.807, 2.05) is 54.6 Å². The first-order chi connectivity index (χ1) is 10.9. The Bertz CT molecular complexity index is 669. The van der Waals surface area contributed by atoms with E-state index in [9.17, 15) is 0 Å². The van der Waals surface area contributed by atoms with Gasteiger partial charge in [0, 0.05) is 24.4 Å². The van der Waals surface area contributed by atoms with Gasteiger partial charge in [-0.15, -0.1) is 0 Å². The van der Waals surface area contributed by atoms with Crippen molar-refractivity contribution in [2.24, 2.45) is 0 Å². The summed E-state index contributed by atoms with van der Waals surface area (Å²) >= 11 is 0. The molecule has 0 atom stereocenters. The fourth-order valence-electron chi connectivity index (χ4n) is 2.16. The summed E-state index contributed by atoms with van der Waals surface area (Å²) in [4.78, 5) is 13.6. The highest BCUT2D eigenvalue weighted by molar-refractivity contribution is 5.66. The molecule has 3 rings (SSSR count). The number of nitrogens with zero attached hydrogens (tertiary/aromatic N) is 3. The highest BCUT2D eigenvalue weighted by Gasteiger charge is 2.09. The number of benzene rings is 1. The monoisotopic (exact) mass is 290 g/mol. The van der Waals surface area contributed by atoms with Crippen LogP contribution in [0.5, 0.6) is 0 Å². The number of aromatic nitrogens is 3. The van der Waals surface area contributed by atoms with E-state index in [0.717, 1.165) is 35.7 Å². The number of rotatable bonds is 5. The van der Waals surface area contributed by atoms with E-state index in [2.05, 4.69) is 27.2 Å². The van der Waals surface area contributed by atoms with Gasteiger partial charge in [0.05, 0.1) is 5.69 Å². The first-order valence-electron chi connectivity index (χ1n) is 7.46. The van der Waals surface area contributed by atoms with Crippen LogP contribution in [0.25, 0.3) is 22.8 Å². The van der Waals surface area contributed by atoms with E-state index in [0.29, 0.717) is 5.82 Å². The minimum Gasteiger partial charge on any atom is -0.370 e. The normalized spacial score (nSPS) is 10.4. The van der Waals surface area contributed by atoms with Gasteiger partial charge in [0.1, 0.15) is 11.5 Å². The molecule has 2 heterocycles. The number of hydrogen-bond acceptors (Lipinski definition) is 4. The molecule has 0 aliphatic rings. The predicted octanol–water partition coefficient (Wildman–Crippen LogP) is 4.03. The van der Waals surface area contributed by atoms with Gasteiger partial charge in [-0.05, 0) is 18.6 Å². The Labute approximate surface area is 130 Å². The molecule has 3 aromatic rings. The summed E-state index contributed by atoms with van der Waals surface area (Å²) < 4.78 is 0. The molecule has 22 heavy (non-hydrogen) atoms. The first-order valence-corrected chi connectivity index (χ1v) is 7.46. The molecule has 4 nitrogen and oxygen atoms in total. The van der Waals surface area contributed by atoms with E-state index in [1.54, 1.807) is 6.20 Å². The molecule has 110 valence electrons. The summed E-state index contributed by atoms with van der Waals surface area (Å²) in [5.74, 6) is 1.47. The van der Waals surface area contributed by atoms with Crippen LogP contribution in [-0.2, 0) is 0 Å². The summed E-state index contributed by atoms with van der Waals surface area (Å²) in [7, 11) is 0. The molecule has 0 aliphatic heterocycles. The van der Waals surface area contributed by atoms with Crippen LogP contribution in [-0.4, -0.2) is 21.5 Å². The van der Waals surface area contributed by atoms with E-state index < -0.39 is 0 Å². The third-order valence-electron chi connectivity index (χ3n) is 3.25. The van der Waals surface area contributed by atoms with Crippen LogP contribution in [0.4, 0.5) is 5.82 Å². The molecule has 0 radical (unpaired) electrons. The lowest BCUT2D eigenvalue weighted by Gasteiger charge is -2.09. The van der Waals surface area contributed by atoms with Gasteiger partial charge in [0.2, 0.25) is 0 Å². The van der Waals surface area contributed by atoms with Crippen molar-refractivity contribution in [2.45, 2.75) is 13.3 Å². The summed E-state index contributed by atoms with van der Waals surface area (Å²) in [6.07, 6.45) is 2.80. The highest BCUT2D eigenvalue weighted by Crippen LogP contribution is 2.23. The SMILES string of the molecule is CCCNc1cc(-c2ccccc2)nc(-c2ccccn2)n1. The minimum absolute atomic E-state index is 0.639. The van der Waals surface area contributed by atoms with Crippen molar-refractivity contribution in [2.75, 3.05) is 11.9 Å². The van der Waals surface area contributed by atoms with Crippen LogP contribution >= 0.6 is 0 Å². The van der Waals surface area contributed by atoms with Crippen LogP contribution in [0.2, 0.25) is 0 Å². The fraction of sp³-hybridized carbons (Fsp3) is 0.167. The van der Waals surface area contributed by atoms with Crippen molar-refractivity contribution in [3.63, 3.8) is 0 Å². The molecule has 0 fully saturated rings. The lowest BCUT2D eigenvalue weighted by Crippen LogP contribution is -2.04. The van der Waals surface area contributed by atoms with Crippen LogP contribution in [0.3, 0.4) is 0 Å². The average Bonchev–Trinajstić information content (AvgIpc) is 2.61. The van der Waals surface area contributed by atoms with Crippen molar-refractivity contribution in [3.8, 4) is 22.8 Å². The van der Waals surface area contributed by atoms with E-state index in [-0.39, 0.29) is 0 Å². The van der Waals surface area contributed by atoms with Gasteiger partial charge < -0.3 is 5.32 Å². The van der Waals surface area contributed by atoms with Crippen LogP contribution < -0.4 is 5.32 Å². The second-order valence-electron chi connectivity index (χ2n) is 4.97. The van der Waals surface area contributed by atoms with Crippen molar-refractivity contribution < 1.29 is 0 Å². The third-order valence-corrected chi connectivity index (χ3v) is 3.25. The predicted molar refractivity (Wildman–Crippen MR) is 89.5 cm³/mol. The molecule has 0 spiro atoms. The Morgan fingerprint density at radius 3 is 2.45 bits per heavy atom. The Kier molecular flexibility index (Phi) is 4.39. The summed E-state index contributed by atoms with van der Waals surface area (Å²) in [6.45, 7) is 3.01. The molecule has 0 aliphatic carbocycles. The molecular weight excluding hydrogens is 272 g/mol. The van der Waals surface area contributed by atoms with E-state index in [1.165, 1.54) is 0 Å². The Hall–Kier alpha value is -2.75.